The van der Waals surface area contributed by atoms with Crippen LogP contribution in [0.2, 0.25) is 0 Å². The van der Waals surface area contributed by atoms with Gasteiger partial charge in [-0.1, -0.05) is 248 Å². The average molecular weight is 729 g/mol. The molecule has 0 saturated carbocycles. The summed E-state index contributed by atoms with van der Waals surface area (Å²) in [7, 11) is 0. The van der Waals surface area contributed by atoms with Gasteiger partial charge in [-0.3, -0.25) is 0 Å². The van der Waals surface area contributed by atoms with E-state index >= 15 is 5.11 Å². The van der Waals surface area contributed by atoms with Crippen molar-refractivity contribution in [2.45, 2.75) is 22.3 Å². The molecule has 0 spiro atoms. The molecule has 0 amide bonds. The van der Waals surface area contributed by atoms with E-state index in [9.17, 15) is 0 Å². The van der Waals surface area contributed by atoms with E-state index < -0.39 is 16.4 Å². The molecule has 0 radical (unpaired) electrons. The number of hydrogen-bond donors (Lipinski definition) is 0. The number of allylic oxidation sites excluding steroid dienone is 1. The van der Waals surface area contributed by atoms with Crippen LogP contribution >= 0.6 is 0 Å². The third kappa shape index (κ3) is 5.69. The quantitative estimate of drug-likeness (QED) is 0.144. The summed E-state index contributed by atoms with van der Waals surface area (Å²) in [4.78, 5) is 0. The van der Waals surface area contributed by atoms with Crippen LogP contribution < -0.4 is 34.7 Å². The van der Waals surface area contributed by atoms with Gasteiger partial charge in [-0.2, -0.15) is 0 Å². The molecule has 0 fully saturated rings. The molecule has 8 aromatic carbocycles. The summed E-state index contributed by atoms with van der Waals surface area (Å²) < 4.78 is 0. The van der Waals surface area contributed by atoms with Crippen molar-refractivity contribution >= 4 is 11.1 Å². The van der Waals surface area contributed by atoms with Gasteiger partial charge in [-0.15, -0.1) is 0 Å². The Morgan fingerprint density at radius 2 is 0.625 bits per heavy atom. The maximum atomic E-state index is 18.6. The number of benzene rings is 8. The van der Waals surface area contributed by atoms with Crippen molar-refractivity contribution < 1.29 is 34.7 Å². The van der Waals surface area contributed by atoms with E-state index in [0.29, 0.717) is 5.56 Å². The van der Waals surface area contributed by atoms with Crippen LogP contribution in [0.3, 0.4) is 0 Å². The van der Waals surface area contributed by atoms with Gasteiger partial charge in [0, 0.05) is 16.7 Å². The zero-order valence-corrected chi connectivity index (χ0v) is 33.6. The summed E-state index contributed by atoms with van der Waals surface area (Å²) in [6, 6.07) is 85.2. The van der Waals surface area contributed by atoms with Crippen LogP contribution in [0.4, 0.5) is 0 Å². The summed E-state index contributed by atoms with van der Waals surface area (Å²) in [6.45, 7) is 0. The third-order valence-electron chi connectivity index (χ3n) is 11.8. The molecule has 8 aromatic rings. The molecule has 1 nitrogen and oxygen atoms in total. The summed E-state index contributed by atoms with van der Waals surface area (Å²) in [5.41, 5.74) is 5.33. The van der Waals surface area contributed by atoms with Crippen LogP contribution in [-0.4, -0.2) is 0 Å². The van der Waals surface area contributed by atoms with Crippen LogP contribution in [0.1, 0.15) is 50.4 Å². The molecular weight excluding hydrogens is 688 g/mol. The first kappa shape index (κ1) is 37.4. The SMILES string of the molecule is [Na+].[O-]C1(c2ccccc2)C(c2ccccc2)=C(c2ccccc2)C(c2ccccc2)C(c2ccccc2)(c2ccccc2)C1(c1ccccc1)c1ccccc1. The Morgan fingerprint density at radius 1 is 0.321 bits per heavy atom. The first-order valence-corrected chi connectivity index (χ1v) is 19.1. The molecule has 0 bridgehead atoms. The van der Waals surface area contributed by atoms with Gasteiger partial charge in [0.25, 0.3) is 0 Å². The van der Waals surface area contributed by atoms with Crippen LogP contribution in [0.15, 0.2) is 243 Å². The van der Waals surface area contributed by atoms with E-state index in [0.717, 1.165) is 50.1 Å². The zero-order valence-electron chi connectivity index (χ0n) is 31.6. The largest absolute Gasteiger partial charge is 1.00 e. The van der Waals surface area contributed by atoms with Gasteiger partial charge in [0.15, 0.2) is 0 Å². The molecule has 1 aliphatic rings. The maximum absolute atomic E-state index is 18.6. The van der Waals surface area contributed by atoms with Gasteiger partial charge < -0.3 is 5.11 Å². The van der Waals surface area contributed by atoms with E-state index in [1.807, 2.05) is 24.3 Å². The standard InChI is InChI=1S/C54H41O.Na/c55-54(48-39-23-8-24-40-48)51(43-29-13-3-14-30-43)49(41-25-9-1-10-26-41)50(42-27-11-2-12-28-42)52(44-31-15-4-16-32-44,45-33-17-5-18-34-45)53(54,46-35-19-6-20-36-46)47-37-21-7-22-38-47;/h1-40,50H;/q-1;+1. The third-order valence-corrected chi connectivity index (χ3v) is 11.8. The van der Waals surface area contributed by atoms with Crippen LogP contribution in [-0.2, 0) is 16.4 Å². The van der Waals surface area contributed by atoms with E-state index in [4.69, 9.17) is 0 Å². The fourth-order valence-corrected chi connectivity index (χ4v) is 9.96. The molecule has 0 N–H and O–H groups in total. The fraction of sp³-hybridized carbons (Fsp3) is 0.0741. The second-order valence-corrected chi connectivity index (χ2v) is 14.4. The second kappa shape index (κ2) is 15.9. The van der Waals surface area contributed by atoms with Crippen molar-refractivity contribution in [3.63, 3.8) is 0 Å². The van der Waals surface area contributed by atoms with Crippen molar-refractivity contribution in [1.29, 1.82) is 0 Å². The smallest absolute Gasteiger partial charge is 0.842 e. The molecule has 1 aliphatic carbocycles. The van der Waals surface area contributed by atoms with Gasteiger partial charge in [-0.25, -0.2) is 0 Å². The monoisotopic (exact) mass is 728 g/mol. The van der Waals surface area contributed by atoms with Gasteiger partial charge in [0.1, 0.15) is 0 Å². The Hall–Kier alpha value is -5.54. The second-order valence-electron chi connectivity index (χ2n) is 14.4. The molecule has 9 rings (SSSR count). The van der Waals surface area contributed by atoms with Gasteiger partial charge in [0.05, 0.1) is 0 Å². The summed E-state index contributed by atoms with van der Waals surface area (Å²) in [6.07, 6.45) is 0. The average Bonchev–Trinajstić information content (AvgIpc) is 3.28. The predicted octanol–water partition coefficient (Wildman–Crippen LogP) is 8.63. The van der Waals surface area contributed by atoms with Gasteiger partial charge in [-0.05, 0) is 55.7 Å². The molecule has 0 saturated heterocycles. The van der Waals surface area contributed by atoms with Crippen molar-refractivity contribution in [2.24, 2.45) is 0 Å². The first-order valence-electron chi connectivity index (χ1n) is 19.1. The van der Waals surface area contributed by atoms with E-state index in [-0.39, 0.29) is 35.5 Å². The fourth-order valence-electron chi connectivity index (χ4n) is 9.96. The predicted molar refractivity (Wildman–Crippen MR) is 224 cm³/mol. The maximum Gasteiger partial charge on any atom is 1.00 e. The molecule has 0 aromatic heterocycles. The van der Waals surface area contributed by atoms with Crippen LogP contribution in [0.5, 0.6) is 0 Å². The topological polar surface area (TPSA) is 23.1 Å². The zero-order chi connectivity index (χ0) is 37.1. The van der Waals surface area contributed by atoms with Crippen molar-refractivity contribution in [3.05, 3.63) is 287 Å². The van der Waals surface area contributed by atoms with Crippen LogP contribution in [0.25, 0.3) is 11.1 Å². The minimum absolute atomic E-state index is 0. The molecule has 2 unspecified atom stereocenters. The number of hydrogen-bond acceptors (Lipinski definition) is 1. The summed E-state index contributed by atoms with van der Waals surface area (Å²) >= 11 is 0. The van der Waals surface area contributed by atoms with E-state index in [2.05, 4.69) is 218 Å². The van der Waals surface area contributed by atoms with Gasteiger partial charge >= 0.3 is 29.6 Å². The Labute approximate surface area is 353 Å². The number of rotatable bonds is 8. The molecule has 56 heavy (non-hydrogen) atoms. The first-order chi connectivity index (χ1) is 27.2. The van der Waals surface area contributed by atoms with Crippen LogP contribution in [0, 0.1) is 0 Å². The van der Waals surface area contributed by atoms with Crippen molar-refractivity contribution in [1.82, 2.24) is 0 Å². The minimum atomic E-state index is -1.93. The van der Waals surface area contributed by atoms with E-state index in [1.54, 1.807) is 0 Å². The van der Waals surface area contributed by atoms with E-state index in [1.165, 1.54) is 0 Å². The molecule has 2 atom stereocenters. The Kier molecular flexibility index (Phi) is 10.6. The Morgan fingerprint density at radius 3 is 1.02 bits per heavy atom. The molecule has 0 heterocycles. The minimum Gasteiger partial charge on any atom is -0.842 e. The van der Waals surface area contributed by atoms with Gasteiger partial charge in [0.2, 0.25) is 0 Å². The Bertz CT molecular complexity index is 2430. The summed E-state index contributed by atoms with van der Waals surface area (Å²) in [5, 5.41) is 18.6. The molecule has 0 aliphatic heterocycles. The van der Waals surface area contributed by atoms with Crippen molar-refractivity contribution in [2.75, 3.05) is 0 Å². The molecule has 264 valence electrons. The molecule has 2 heteroatoms. The van der Waals surface area contributed by atoms with Crippen molar-refractivity contribution in [3.8, 4) is 0 Å². The summed E-state index contributed by atoms with van der Waals surface area (Å²) in [5.74, 6) is -0.359. The normalized spacial score (nSPS) is 18.4. The molecular formula is C54H41NaO. The Balaban J connectivity index is 0.00000441.